The molecule has 1 aromatic heterocycles. The lowest BCUT2D eigenvalue weighted by atomic mass is 9.97. The first-order valence-corrected chi connectivity index (χ1v) is 11.2. The monoisotopic (exact) mass is 460 g/mol. The van der Waals surface area contributed by atoms with Crippen LogP contribution in [0, 0.1) is 11.7 Å². The Morgan fingerprint density at radius 1 is 1.31 bits per heavy atom. The Morgan fingerprint density at radius 3 is 2.65 bits per heavy atom. The van der Waals surface area contributed by atoms with Crippen molar-refractivity contribution < 1.29 is 17.6 Å². The molecule has 26 heavy (non-hydrogen) atoms. The summed E-state index contributed by atoms with van der Waals surface area (Å²) in [6.45, 7) is 0.882. The van der Waals surface area contributed by atoms with Crippen LogP contribution < -0.4 is 5.32 Å². The molecule has 9 heteroatoms. The molecule has 3 rings (SSSR count). The summed E-state index contributed by atoms with van der Waals surface area (Å²) >= 11 is 4.44. The summed E-state index contributed by atoms with van der Waals surface area (Å²) < 4.78 is 40.8. The van der Waals surface area contributed by atoms with E-state index in [0.717, 1.165) is 0 Å². The maximum atomic E-state index is 13.2. The fourth-order valence-corrected chi connectivity index (χ4v) is 6.84. The van der Waals surface area contributed by atoms with E-state index in [0.29, 0.717) is 40.2 Å². The average molecular weight is 461 g/mol. The quantitative estimate of drug-likeness (QED) is 0.743. The smallest absolute Gasteiger partial charge is 0.253 e. The molecule has 1 aliphatic heterocycles. The molecule has 1 aliphatic rings. The Labute approximate surface area is 164 Å². The zero-order valence-corrected chi connectivity index (χ0v) is 17.0. The summed E-state index contributed by atoms with van der Waals surface area (Å²) in [4.78, 5) is 12.3. The number of hydrogen-bond donors (Lipinski definition) is 1. The molecule has 0 saturated carbocycles. The van der Waals surface area contributed by atoms with Crippen LogP contribution in [0.4, 0.5) is 4.39 Å². The third-order valence-corrected chi connectivity index (χ3v) is 8.89. The number of carbonyl (C=O) groups is 1. The van der Waals surface area contributed by atoms with Crippen molar-refractivity contribution >= 4 is 43.2 Å². The van der Waals surface area contributed by atoms with Gasteiger partial charge in [-0.2, -0.15) is 4.31 Å². The van der Waals surface area contributed by atoms with Gasteiger partial charge >= 0.3 is 0 Å². The average Bonchev–Trinajstić information content (AvgIpc) is 3.07. The highest BCUT2D eigenvalue weighted by Gasteiger charge is 2.33. The highest BCUT2D eigenvalue weighted by molar-refractivity contribution is 9.10. The van der Waals surface area contributed by atoms with Gasteiger partial charge in [0, 0.05) is 30.0 Å². The van der Waals surface area contributed by atoms with Gasteiger partial charge in [-0.25, -0.2) is 12.8 Å². The van der Waals surface area contributed by atoms with Crippen LogP contribution >= 0.6 is 27.3 Å². The Balaban J connectivity index is 1.55. The molecular formula is C17H18BrFN2O3S2. The van der Waals surface area contributed by atoms with Crippen LogP contribution in [0.5, 0.6) is 0 Å². The van der Waals surface area contributed by atoms with Crippen molar-refractivity contribution in [3.05, 3.63) is 51.6 Å². The molecule has 1 saturated heterocycles. The van der Waals surface area contributed by atoms with E-state index in [9.17, 15) is 17.6 Å². The topological polar surface area (TPSA) is 66.5 Å². The Hall–Kier alpha value is -1.29. The van der Waals surface area contributed by atoms with Gasteiger partial charge in [0.2, 0.25) is 5.91 Å². The van der Waals surface area contributed by atoms with Gasteiger partial charge in [0.1, 0.15) is 10.0 Å². The molecular weight excluding hydrogens is 443 g/mol. The molecule has 0 bridgehead atoms. The van der Waals surface area contributed by atoms with Crippen LogP contribution in [-0.2, 0) is 21.4 Å². The number of carbonyl (C=O) groups excluding carboxylic acids is 1. The molecule has 2 aromatic rings. The second kappa shape index (κ2) is 8.16. The predicted octanol–water partition coefficient (Wildman–Crippen LogP) is 3.37. The molecule has 140 valence electrons. The molecule has 5 nitrogen and oxygen atoms in total. The molecule has 0 atom stereocenters. The number of piperidine rings is 1. The molecule has 0 aliphatic carbocycles. The number of thiophene rings is 1. The van der Waals surface area contributed by atoms with Crippen LogP contribution in [0.1, 0.15) is 18.4 Å². The van der Waals surface area contributed by atoms with E-state index in [1.165, 1.54) is 27.8 Å². The summed E-state index contributed by atoms with van der Waals surface area (Å²) in [5, 5.41) is 4.53. The number of hydrogen-bond acceptors (Lipinski definition) is 4. The number of amides is 1. The number of rotatable bonds is 5. The van der Waals surface area contributed by atoms with E-state index in [-0.39, 0.29) is 24.2 Å². The molecule has 1 aromatic carbocycles. The minimum atomic E-state index is -3.53. The zero-order valence-electron chi connectivity index (χ0n) is 13.8. The van der Waals surface area contributed by atoms with E-state index in [1.807, 2.05) is 0 Å². The Morgan fingerprint density at radius 2 is 2.04 bits per heavy atom. The lowest BCUT2D eigenvalue weighted by molar-refractivity contribution is -0.126. The summed E-state index contributed by atoms with van der Waals surface area (Å²) in [5.74, 6) is -0.694. The number of benzene rings is 1. The Kier molecular flexibility index (Phi) is 6.11. The second-order valence-electron chi connectivity index (χ2n) is 6.08. The molecule has 2 heterocycles. The third-order valence-electron chi connectivity index (χ3n) is 4.34. The molecule has 0 unspecified atom stereocenters. The predicted molar refractivity (Wildman–Crippen MR) is 102 cm³/mol. The van der Waals surface area contributed by atoms with Crippen LogP contribution in [-0.4, -0.2) is 31.7 Å². The van der Waals surface area contributed by atoms with Gasteiger partial charge in [-0.05, 0) is 57.9 Å². The van der Waals surface area contributed by atoms with Crippen molar-refractivity contribution in [2.75, 3.05) is 13.1 Å². The van der Waals surface area contributed by atoms with Crippen LogP contribution in [0.2, 0.25) is 0 Å². The normalized spacial score (nSPS) is 16.5. The van der Waals surface area contributed by atoms with E-state index in [1.54, 1.807) is 23.6 Å². The van der Waals surface area contributed by atoms with Crippen molar-refractivity contribution in [3.8, 4) is 0 Å². The maximum absolute atomic E-state index is 13.2. The van der Waals surface area contributed by atoms with Gasteiger partial charge in [0.05, 0.1) is 0 Å². The SMILES string of the molecule is O=C(NCc1cccc(F)c1)C1CCN(S(=O)(=O)c2sccc2Br)CC1. The van der Waals surface area contributed by atoms with Crippen LogP contribution in [0.25, 0.3) is 0 Å². The lowest BCUT2D eigenvalue weighted by Crippen LogP contribution is -2.42. The van der Waals surface area contributed by atoms with E-state index >= 15 is 0 Å². The van der Waals surface area contributed by atoms with E-state index < -0.39 is 10.0 Å². The highest BCUT2D eigenvalue weighted by Crippen LogP contribution is 2.32. The first-order valence-electron chi connectivity index (χ1n) is 8.13. The van der Waals surface area contributed by atoms with Gasteiger partial charge in [0.15, 0.2) is 0 Å². The van der Waals surface area contributed by atoms with Crippen molar-refractivity contribution in [3.63, 3.8) is 0 Å². The van der Waals surface area contributed by atoms with Gasteiger partial charge in [-0.1, -0.05) is 12.1 Å². The molecule has 1 N–H and O–H groups in total. The fourth-order valence-electron chi connectivity index (χ4n) is 2.92. The van der Waals surface area contributed by atoms with Gasteiger partial charge < -0.3 is 5.32 Å². The van der Waals surface area contributed by atoms with E-state index in [2.05, 4.69) is 21.2 Å². The van der Waals surface area contributed by atoms with Gasteiger partial charge in [-0.3, -0.25) is 4.79 Å². The third kappa shape index (κ3) is 4.33. The molecule has 1 fully saturated rings. The lowest BCUT2D eigenvalue weighted by Gasteiger charge is -2.30. The fraction of sp³-hybridized carbons (Fsp3) is 0.353. The van der Waals surface area contributed by atoms with E-state index in [4.69, 9.17) is 0 Å². The zero-order chi connectivity index (χ0) is 18.7. The molecule has 0 spiro atoms. The largest absolute Gasteiger partial charge is 0.352 e. The van der Waals surface area contributed by atoms with Crippen molar-refractivity contribution in [1.29, 1.82) is 0 Å². The van der Waals surface area contributed by atoms with Crippen LogP contribution in [0.15, 0.2) is 44.4 Å². The van der Waals surface area contributed by atoms with Gasteiger partial charge in [0.25, 0.3) is 10.0 Å². The summed E-state index contributed by atoms with van der Waals surface area (Å²) in [6.07, 6.45) is 0.939. The number of sulfonamides is 1. The molecule has 1 amide bonds. The summed E-state index contributed by atoms with van der Waals surface area (Å²) in [6, 6.07) is 7.80. The number of nitrogens with zero attached hydrogens (tertiary/aromatic N) is 1. The van der Waals surface area contributed by atoms with Crippen molar-refractivity contribution in [1.82, 2.24) is 9.62 Å². The van der Waals surface area contributed by atoms with Crippen LogP contribution in [0.3, 0.4) is 0 Å². The standard InChI is InChI=1S/C17H18BrFN2O3S2/c18-15-6-9-25-17(15)26(23,24)21-7-4-13(5-8-21)16(22)20-11-12-2-1-3-14(19)10-12/h1-3,6,9-10,13H,4-5,7-8,11H2,(H,20,22). The molecule has 0 radical (unpaired) electrons. The van der Waals surface area contributed by atoms with Gasteiger partial charge in [-0.15, -0.1) is 11.3 Å². The Bertz CT molecular complexity index is 893. The van der Waals surface area contributed by atoms with Crippen molar-refractivity contribution in [2.24, 2.45) is 5.92 Å². The maximum Gasteiger partial charge on any atom is 0.253 e. The first-order chi connectivity index (χ1) is 12.4. The summed E-state index contributed by atoms with van der Waals surface area (Å²) in [5.41, 5.74) is 0.695. The number of halogens is 2. The first kappa shape index (κ1) is 19.5. The van der Waals surface area contributed by atoms with Crippen molar-refractivity contribution in [2.45, 2.75) is 23.6 Å². The summed E-state index contributed by atoms with van der Waals surface area (Å²) in [7, 11) is -3.53. The number of nitrogens with one attached hydrogen (secondary N) is 1. The minimum absolute atomic E-state index is 0.122. The minimum Gasteiger partial charge on any atom is -0.352 e. The second-order valence-corrected chi connectivity index (χ2v) is 9.99. The highest BCUT2D eigenvalue weighted by atomic mass is 79.9.